The molecule has 1 saturated heterocycles. The van der Waals surface area contributed by atoms with Gasteiger partial charge in [-0.3, -0.25) is 9.89 Å². The van der Waals surface area contributed by atoms with E-state index in [2.05, 4.69) is 22.1 Å². The van der Waals surface area contributed by atoms with E-state index in [4.69, 9.17) is 5.73 Å². The number of nitrogen functional groups attached to an aromatic ring is 1. The molecule has 1 amide bonds. The van der Waals surface area contributed by atoms with Crippen LogP contribution in [-0.2, 0) is 0 Å². The Balaban J connectivity index is 1.96. The summed E-state index contributed by atoms with van der Waals surface area (Å²) in [6.07, 6.45) is 3.34. The van der Waals surface area contributed by atoms with Gasteiger partial charge in [0.25, 0.3) is 5.91 Å². The van der Waals surface area contributed by atoms with Gasteiger partial charge in [0.1, 0.15) is 0 Å². The zero-order valence-corrected chi connectivity index (χ0v) is 9.44. The average Bonchev–Trinajstić information content (AvgIpc) is 2.75. The fourth-order valence-corrected chi connectivity index (χ4v) is 2.06. The molecule has 1 fully saturated rings. The highest BCUT2D eigenvalue weighted by molar-refractivity contribution is 5.90. The molecule has 1 aliphatic rings. The number of nitrogens with two attached hydrogens (primary N) is 1. The molecule has 1 aliphatic heterocycles. The molecule has 0 aromatic carbocycles. The highest BCUT2D eigenvalue weighted by atomic mass is 16.2. The molecule has 16 heavy (non-hydrogen) atoms. The van der Waals surface area contributed by atoms with E-state index in [1.807, 2.05) is 4.90 Å². The standard InChI is InChI=1S/C10H17N5O/c1-2-7-3-5-15(6-4-7)9(16)8-12-10(11)14-13-8/h7H,2-6H2,1H3,(H3,11,12,13,14). The molecule has 0 unspecified atom stereocenters. The summed E-state index contributed by atoms with van der Waals surface area (Å²) in [5.41, 5.74) is 5.37. The molecule has 2 rings (SSSR count). The number of aromatic amines is 1. The molecule has 2 heterocycles. The Bertz CT molecular complexity index is 367. The SMILES string of the molecule is CCC1CCN(C(=O)c2nc(N)n[nH]2)CC1. The summed E-state index contributed by atoms with van der Waals surface area (Å²) in [6, 6.07) is 0. The molecule has 0 bridgehead atoms. The van der Waals surface area contributed by atoms with Gasteiger partial charge in [-0.2, -0.15) is 4.98 Å². The lowest BCUT2D eigenvalue weighted by Crippen LogP contribution is -2.38. The Morgan fingerprint density at radius 2 is 2.25 bits per heavy atom. The van der Waals surface area contributed by atoms with E-state index in [-0.39, 0.29) is 17.7 Å². The van der Waals surface area contributed by atoms with Gasteiger partial charge in [-0.1, -0.05) is 13.3 Å². The Kier molecular flexibility index (Phi) is 3.07. The van der Waals surface area contributed by atoms with Crippen LogP contribution in [0.15, 0.2) is 0 Å². The number of nitrogens with one attached hydrogen (secondary N) is 1. The molecular weight excluding hydrogens is 206 g/mol. The number of hydrogen-bond donors (Lipinski definition) is 2. The highest BCUT2D eigenvalue weighted by Gasteiger charge is 2.24. The second-order valence-corrected chi connectivity index (χ2v) is 4.19. The van der Waals surface area contributed by atoms with Crippen molar-refractivity contribution in [1.29, 1.82) is 0 Å². The van der Waals surface area contributed by atoms with Crippen molar-refractivity contribution in [2.24, 2.45) is 5.92 Å². The van der Waals surface area contributed by atoms with E-state index in [0.29, 0.717) is 0 Å². The summed E-state index contributed by atoms with van der Waals surface area (Å²) < 4.78 is 0. The van der Waals surface area contributed by atoms with Gasteiger partial charge in [-0.25, -0.2) is 0 Å². The second-order valence-electron chi connectivity index (χ2n) is 4.19. The van der Waals surface area contributed by atoms with Gasteiger partial charge < -0.3 is 10.6 Å². The van der Waals surface area contributed by atoms with Crippen molar-refractivity contribution in [3.8, 4) is 0 Å². The summed E-state index contributed by atoms with van der Waals surface area (Å²) in [7, 11) is 0. The average molecular weight is 223 g/mol. The van der Waals surface area contributed by atoms with Gasteiger partial charge in [-0.15, -0.1) is 5.10 Å². The first-order chi connectivity index (χ1) is 7.70. The van der Waals surface area contributed by atoms with Crippen LogP contribution >= 0.6 is 0 Å². The number of aromatic nitrogens is 3. The Hall–Kier alpha value is -1.59. The van der Waals surface area contributed by atoms with Crippen LogP contribution in [0.2, 0.25) is 0 Å². The van der Waals surface area contributed by atoms with Crippen LogP contribution in [0.5, 0.6) is 0 Å². The molecule has 1 aromatic heterocycles. The first-order valence-electron chi connectivity index (χ1n) is 5.68. The van der Waals surface area contributed by atoms with Crippen LogP contribution in [0.4, 0.5) is 5.95 Å². The van der Waals surface area contributed by atoms with Crippen molar-refractivity contribution in [2.45, 2.75) is 26.2 Å². The van der Waals surface area contributed by atoms with E-state index >= 15 is 0 Å². The number of rotatable bonds is 2. The maximum absolute atomic E-state index is 11.9. The van der Waals surface area contributed by atoms with Gasteiger partial charge in [0.15, 0.2) is 0 Å². The molecule has 88 valence electrons. The molecular formula is C10H17N5O. The van der Waals surface area contributed by atoms with Crippen LogP contribution in [0.3, 0.4) is 0 Å². The van der Waals surface area contributed by atoms with E-state index in [9.17, 15) is 4.79 Å². The Morgan fingerprint density at radius 1 is 1.56 bits per heavy atom. The van der Waals surface area contributed by atoms with E-state index in [1.165, 1.54) is 6.42 Å². The second kappa shape index (κ2) is 4.51. The first kappa shape index (κ1) is 10.9. The molecule has 0 aliphatic carbocycles. The maximum atomic E-state index is 11.9. The fraction of sp³-hybridized carbons (Fsp3) is 0.700. The van der Waals surface area contributed by atoms with Crippen LogP contribution in [-0.4, -0.2) is 39.1 Å². The normalized spacial score (nSPS) is 17.7. The van der Waals surface area contributed by atoms with Crippen molar-refractivity contribution in [2.75, 3.05) is 18.8 Å². The van der Waals surface area contributed by atoms with Crippen LogP contribution in [0.25, 0.3) is 0 Å². The minimum atomic E-state index is -0.0984. The summed E-state index contributed by atoms with van der Waals surface area (Å²) in [5, 5.41) is 6.21. The zero-order chi connectivity index (χ0) is 11.5. The third-order valence-electron chi connectivity index (χ3n) is 3.18. The number of likely N-dealkylation sites (tertiary alicyclic amines) is 1. The Labute approximate surface area is 94.2 Å². The van der Waals surface area contributed by atoms with Gasteiger partial charge in [0, 0.05) is 13.1 Å². The Morgan fingerprint density at radius 3 is 2.75 bits per heavy atom. The smallest absolute Gasteiger partial charge is 0.291 e. The first-order valence-corrected chi connectivity index (χ1v) is 5.68. The zero-order valence-electron chi connectivity index (χ0n) is 9.44. The van der Waals surface area contributed by atoms with Crippen LogP contribution in [0.1, 0.15) is 36.8 Å². The number of nitrogens with zero attached hydrogens (tertiary/aromatic N) is 3. The number of piperidine rings is 1. The number of anilines is 1. The number of H-pyrrole nitrogens is 1. The quantitative estimate of drug-likeness (QED) is 0.770. The van der Waals surface area contributed by atoms with Crippen LogP contribution in [0, 0.1) is 5.92 Å². The molecule has 6 nitrogen and oxygen atoms in total. The fourth-order valence-electron chi connectivity index (χ4n) is 2.06. The number of carbonyl (C=O) groups excluding carboxylic acids is 1. The van der Waals surface area contributed by atoms with Gasteiger partial charge in [0.05, 0.1) is 0 Å². The molecule has 0 radical (unpaired) electrons. The minimum absolute atomic E-state index is 0.0984. The van der Waals surface area contributed by atoms with Gasteiger partial charge in [-0.05, 0) is 18.8 Å². The molecule has 0 saturated carbocycles. The van der Waals surface area contributed by atoms with Crippen LogP contribution < -0.4 is 5.73 Å². The summed E-state index contributed by atoms with van der Waals surface area (Å²) in [4.78, 5) is 17.6. The van der Waals surface area contributed by atoms with E-state index in [0.717, 1.165) is 31.8 Å². The van der Waals surface area contributed by atoms with Crippen molar-refractivity contribution in [1.82, 2.24) is 20.1 Å². The lowest BCUT2D eigenvalue weighted by atomic mass is 9.94. The lowest BCUT2D eigenvalue weighted by molar-refractivity contribution is 0.0677. The monoisotopic (exact) mass is 223 g/mol. The molecule has 6 heteroatoms. The minimum Gasteiger partial charge on any atom is -0.366 e. The summed E-state index contributed by atoms with van der Waals surface area (Å²) in [6.45, 7) is 3.80. The number of carbonyl (C=O) groups is 1. The number of amides is 1. The van der Waals surface area contributed by atoms with Gasteiger partial charge >= 0.3 is 0 Å². The molecule has 0 spiro atoms. The third kappa shape index (κ3) is 2.15. The van der Waals surface area contributed by atoms with Crippen molar-refractivity contribution in [3.63, 3.8) is 0 Å². The topological polar surface area (TPSA) is 87.9 Å². The molecule has 3 N–H and O–H groups in total. The maximum Gasteiger partial charge on any atom is 0.291 e. The molecule has 1 aromatic rings. The van der Waals surface area contributed by atoms with E-state index in [1.54, 1.807) is 0 Å². The van der Waals surface area contributed by atoms with E-state index < -0.39 is 0 Å². The largest absolute Gasteiger partial charge is 0.366 e. The lowest BCUT2D eigenvalue weighted by Gasteiger charge is -2.30. The highest BCUT2D eigenvalue weighted by Crippen LogP contribution is 2.20. The van der Waals surface area contributed by atoms with Crippen molar-refractivity contribution < 1.29 is 4.79 Å². The van der Waals surface area contributed by atoms with Gasteiger partial charge in [0.2, 0.25) is 11.8 Å². The van der Waals surface area contributed by atoms with Crippen molar-refractivity contribution >= 4 is 11.9 Å². The number of hydrogen-bond acceptors (Lipinski definition) is 4. The van der Waals surface area contributed by atoms with Crippen molar-refractivity contribution in [3.05, 3.63) is 5.82 Å². The third-order valence-corrected chi connectivity index (χ3v) is 3.18. The summed E-state index contributed by atoms with van der Waals surface area (Å²) in [5.74, 6) is 1.02. The predicted molar refractivity (Wildman–Crippen MR) is 59.7 cm³/mol. The predicted octanol–water partition coefficient (Wildman–Crippen LogP) is 0.649. The summed E-state index contributed by atoms with van der Waals surface area (Å²) >= 11 is 0. The molecule has 0 atom stereocenters.